The van der Waals surface area contributed by atoms with Crippen LogP contribution in [0.4, 0.5) is 0 Å². The highest BCUT2D eigenvalue weighted by atomic mass is 16.5. The number of H-pyrrole nitrogens is 1. The molecule has 3 heterocycles. The second kappa shape index (κ2) is 6.87. The van der Waals surface area contributed by atoms with E-state index in [-0.39, 0.29) is 17.1 Å². The topological polar surface area (TPSA) is 82.6 Å². The number of aromatic hydroxyl groups is 1. The Kier molecular flexibility index (Phi) is 4.25. The van der Waals surface area contributed by atoms with Crippen molar-refractivity contribution >= 4 is 22.7 Å². The van der Waals surface area contributed by atoms with E-state index in [0.717, 1.165) is 23.0 Å². The van der Waals surface area contributed by atoms with Crippen LogP contribution in [0.3, 0.4) is 0 Å². The maximum absolute atomic E-state index is 13.2. The summed E-state index contributed by atoms with van der Waals surface area (Å²) >= 11 is 0. The number of Topliss-reactive ketones (excluding diaryl/α,β-unsaturated/α-hetero) is 1. The van der Waals surface area contributed by atoms with Crippen molar-refractivity contribution in [3.05, 3.63) is 88.8 Å². The van der Waals surface area contributed by atoms with Crippen molar-refractivity contribution in [1.29, 1.82) is 0 Å². The maximum Gasteiger partial charge on any atom is 0.336 e. The number of esters is 1. The Morgan fingerprint density at radius 1 is 1.13 bits per heavy atom. The van der Waals surface area contributed by atoms with Crippen LogP contribution in [0.1, 0.15) is 28.5 Å². The smallest absolute Gasteiger partial charge is 0.336 e. The maximum atomic E-state index is 13.2. The van der Waals surface area contributed by atoms with Crippen LogP contribution in [0.5, 0.6) is 5.75 Å². The quantitative estimate of drug-likeness (QED) is 0.503. The number of ether oxygens (including phenoxy) is 1. The number of hydrogen-bond donors (Lipinski definition) is 2. The van der Waals surface area contributed by atoms with Crippen LogP contribution >= 0.6 is 0 Å². The number of para-hydroxylation sites is 2. The van der Waals surface area contributed by atoms with Gasteiger partial charge in [0.2, 0.25) is 0 Å². The van der Waals surface area contributed by atoms with Gasteiger partial charge in [0.1, 0.15) is 11.3 Å². The van der Waals surface area contributed by atoms with Gasteiger partial charge in [0, 0.05) is 34.9 Å². The molecule has 0 bridgehead atoms. The summed E-state index contributed by atoms with van der Waals surface area (Å²) in [6, 6.07) is 14.5. The molecule has 3 aromatic rings. The monoisotopic (exact) mass is 414 g/mol. The lowest BCUT2D eigenvalue weighted by molar-refractivity contribution is -0.137. The first-order chi connectivity index (χ1) is 14.9. The van der Waals surface area contributed by atoms with Gasteiger partial charge in [0.05, 0.1) is 18.2 Å². The Morgan fingerprint density at radius 2 is 1.87 bits per heavy atom. The highest BCUT2D eigenvalue weighted by molar-refractivity contribution is 6.13. The Labute approximate surface area is 179 Å². The number of hydrogen-bond acceptors (Lipinski definition) is 5. The third-order valence-electron chi connectivity index (χ3n) is 6.41. The second-order valence-electron chi connectivity index (χ2n) is 8.02. The average molecular weight is 414 g/mol. The van der Waals surface area contributed by atoms with Crippen molar-refractivity contribution in [2.75, 3.05) is 13.7 Å². The summed E-state index contributed by atoms with van der Waals surface area (Å²) in [7, 11) is 1.34. The molecule has 2 aromatic carbocycles. The van der Waals surface area contributed by atoms with Gasteiger partial charge < -0.3 is 19.7 Å². The number of phenolic OH excluding ortho intramolecular Hbond substituents is 1. The molecule has 0 amide bonds. The third-order valence-corrected chi connectivity index (χ3v) is 6.41. The summed E-state index contributed by atoms with van der Waals surface area (Å²) in [5, 5.41) is 11.3. The molecule has 0 radical (unpaired) electrons. The number of nitrogens with one attached hydrogen (secondary N) is 1. The van der Waals surface area contributed by atoms with Crippen LogP contribution in [0.2, 0.25) is 0 Å². The second-order valence-corrected chi connectivity index (χ2v) is 8.02. The number of allylic oxidation sites excluding steroid dienone is 2. The molecule has 156 valence electrons. The van der Waals surface area contributed by atoms with Crippen LogP contribution in [0.25, 0.3) is 10.9 Å². The van der Waals surface area contributed by atoms with Gasteiger partial charge in [0.25, 0.3) is 0 Å². The van der Waals surface area contributed by atoms with Crippen LogP contribution in [-0.4, -0.2) is 40.4 Å². The Balaban J connectivity index is 1.68. The molecule has 2 N–H and O–H groups in total. The fourth-order valence-corrected chi connectivity index (χ4v) is 4.77. The van der Waals surface area contributed by atoms with Crippen LogP contribution < -0.4 is 0 Å². The predicted molar refractivity (Wildman–Crippen MR) is 117 cm³/mol. The van der Waals surface area contributed by atoms with Gasteiger partial charge in [0.15, 0.2) is 5.78 Å². The van der Waals surface area contributed by atoms with Gasteiger partial charge in [-0.2, -0.15) is 0 Å². The first-order valence-corrected chi connectivity index (χ1v) is 10.2. The fourth-order valence-electron chi connectivity index (χ4n) is 4.77. The van der Waals surface area contributed by atoms with Gasteiger partial charge in [-0.1, -0.05) is 30.3 Å². The SMILES string of the molecule is COC(=O)C1=CC(C(=O)c2ccccc2O)=CN2CCc3c([nH]c4ccccc34)C12C. The number of methoxy groups -OCH3 is 1. The average Bonchev–Trinajstić information content (AvgIpc) is 3.18. The molecule has 1 aromatic heterocycles. The van der Waals surface area contributed by atoms with E-state index in [1.807, 2.05) is 30.0 Å². The molecule has 0 saturated heterocycles. The van der Waals surface area contributed by atoms with Crippen molar-refractivity contribution in [1.82, 2.24) is 9.88 Å². The molecule has 0 aliphatic carbocycles. The van der Waals surface area contributed by atoms with Crippen molar-refractivity contribution in [2.45, 2.75) is 18.9 Å². The summed E-state index contributed by atoms with van der Waals surface area (Å²) in [5.41, 5.74) is 3.22. The number of aromatic nitrogens is 1. The molecule has 2 aliphatic rings. The van der Waals surface area contributed by atoms with Crippen molar-refractivity contribution < 1.29 is 19.4 Å². The lowest BCUT2D eigenvalue weighted by atomic mass is 9.77. The molecule has 31 heavy (non-hydrogen) atoms. The number of fused-ring (bicyclic) bond motifs is 5. The molecule has 1 atom stereocenters. The highest BCUT2D eigenvalue weighted by Crippen LogP contribution is 2.46. The van der Waals surface area contributed by atoms with Crippen LogP contribution in [-0.2, 0) is 21.5 Å². The van der Waals surface area contributed by atoms with Gasteiger partial charge in [-0.15, -0.1) is 0 Å². The van der Waals surface area contributed by atoms with E-state index in [0.29, 0.717) is 17.7 Å². The number of ketones is 1. The standard InChI is InChI=1S/C25H22N2O4/c1-25-19(24(30)31-2)13-15(22(29)18-8-4-6-10-21(18)28)14-27(25)12-11-17-16-7-3-5-9-20(16)26-23(17)25/h3-10,13-14,26,28H,11-12H2,1-2H3. The van der Waals surface area contributed by atoms with Crippen molar-refractivity contribution in [2.24, 2.45) is 0 Å². The number of phenols is 1. The third kappa shape index (κ3) is 2.71. The minimum absolute atomic E-state index is 0.0914. The van der Waals surface area contributed by atoms with Crippen LogP contribution in [0.15, 0.2) is 72.0 Å². The van der Waals surface area contributed by atoms with Gasteiger partial charge in [-0.05, 0) is 43.2 Å². The zero-order valence-corrected chi connectivity index (χ0v) is 17.3. The number of carbonyl (C=O) groups excluding carboxylic acids is 2. The summed E-state index contributed by atoms with van der Waals surface area (Å²) in [6.45, 7) is 2.61. The van der Waals surface area contributed by atoms with E-state index in [1.165, 1.54) is 18.7 Å². The van der Waals surface area contributed by atoms with Crippen molar-refractivity contribution in [3.63, 3.8) is 0 Å². The first kappa shape index (κ1) is 19.2. The van der Waals surface area contributed by atoms with E-state index >= 15 is 0 Å². The number of benzene rings is 2. The van der Waals surface area contributed by atoms with Gasteiger partial charge >= 0.3 is 5.97 Å². The molecule has 6 nitrogen and oxygen atoms in total. The number of aromatic amines is 1. The minimum Gasteiger partial charge on any atom is -0.507 e. The molecule has 0 fully saturated rings. The molecule has 5 rings (SSSR count). The molecular weight excluding hydrogens is 392 g/mol. The minimum atomic E-state index is -0.803. The van der Waals surface area contributed by atoms with Gasteiger partial charge in [-0.25, -0.2) is 4.79 Å². The Hall–Kier alpha value is -3.80. The molecule has 0 saturated carbocycles. The Bertz CT molecular complexity index is 1300. The van der Waals surface area contributed by atoms with Crippen LogP contribution in [0, 0.1) is 0 Å². The van der Waals surface area contributed by atoms with Crippen molar-refractivity contribution in [3.8, 4) is 5.75 Å². The van der Waals surface area contributed by atoms with E-state index in [9.17, 15) is 14.7 Å². The van der Waals surface area contributed by atoms with E-state index < -0.39 is 11.5 Å². The van der Waals surface area contributed by atoms with E-state index in [4.69, 9.17) is 4.74 Å². The van der Waals surface area contributed by atoms with Gasteiger partial charge in [-0.3, -0.25) is 4.79 Å². The number of carbonyl (C=O) groups is 2. The summed E-state index contributed by atoms with van der Waals surface area (Å²) in [5.74, 6) is -0.926. The Morgan fingerprint density at radius 3 is 2.65 bits per heavy atom. The summed E-state index contributed by atoms with van der Waals surface area (Å²) in [6.07, 6.45) is 4.16. The summed E-state index contributed by atoms with van der Waals surface area (Å²) in [4.78, 5) is 31.6. The largest absolute Gasteiger partial charge is 0.507 e. The molecular formula is C25H22N2O4. The van der Waals surface area contributed by atoms with E-state index in [2.05, 4.69) is 11.1 Å². The molecule has 0 spiro atoms. The fraction of sp³-hybridized carbons (Fsp3) is 0.200. The molecule has 6 heteroatoms. The lowest BCUT2D eigenvalue weighted by Crippen LogP contribution is -2.50. The number of nitrogens with zero attached hydrogens (tertiary/aromatic N) is 1. The normalized spacial score (nSPS) is 19.9. The highest BCUT2D eigenvalue weighted by Gasteiger charge is 2.48. The van der Waals surface area contributed by atoms with E-state index in [1.54, 1.807) is 30.5 Å². The number of rotatable bonds is 3. The zero-order chi connectivity index (χ0) is 21.8. The predicted octanol–water partition coefficient (Wildman–Crippen LogP) is 3.83. The summed E-state index contributed by atoms with van der Waals surface area (Å²) < 4.78 is 5.11. The molecule has 1 unspecified atom stereocenters. The zero-order valence-electron chi connectivity index (χ0n) is 17.3. The lowest BCUT2D eigenvalue weighted by Gasteiger charge is -2.47. The molecule has 2 aliphatic heterocycles. The first-order valence-electron chi connectivity index (χ1n) is 10.2.